The van der Waals surface area contributed by atoms with E-state index in [4.69, 9.17) is 11.6 Å². The lowest BCUT2D eigenvalue weighted by Crippen LogP contribution is -2.42. The van der Waals surface area contributed by atoms with Crippen LogP contribution in [-0.2, 0) is 0 Å². The normalized spacial score (nSPS) is 18.8. The van der Waals surface area contributed by atoms with Crippen LogP contribution < -0.4 is 4.90 Å². The van der Waals surface area contributed by atoms with Crippen molar-refractivity contribution in [3.05, 3.63) is 5.15 Å². The fraction of sp³-hybridized carbons (Fsp3) is 0.778. The molecular formula is C9H15ClN4S. The zero-order chi connectivity index (χ0) is 10.8. The summed E-state index contributed by atoms with van der Waals surface area (Å²) in [7, 11) is 4.27. The Kier molecular flexibility index (Phi) is 3.43. The van der Waals surface area contributed by atoms with Crippen molar-refractivity contribution in [2.75, 3.05) is 32.1 Å². The molecule has 1 saturated heterocycles. The van der Waals surface area contributed by atoms with Crippen LogP contribution in [0.2, 0.25) is 5.15 Å². The highest BCUT2D eigenvalue weighted by Crippen LogP contribution is 2.26. The van der Waals surface area contributed by atoms with Crippen molar-refractivity contribution >= 4 is 29.1 Å². The van der Waals surface area contributed by atoms with Gasteiger partial charge in [0, 0.05) is 19.1 Å². The predicted molar refractivity (Wildman–Crippen MR) is 63.8 cm³/mol. The first-order valence-electron chi connectivity index (χ1n) is 5.08. The molecule has 0 aliphatic carbocycles. The quantitative estimate of drug-likeness (QED) is 0.796. The summed E-state index contributed by atoms with van der Waals surface area (Å²) in [5, 5.41) is 0.545. The summed E-state index contributed by atoms with van der Waals surface area (Å²) in [6, 6.07) is 0.687. The van der Waals surface area contributed by atoms with Gasteiger partial charge in [0.05, 0.1) is 11.7 Å². The van der Waals surface area contributed by atoms with Gasteiger partial charge in [-0.2, -0.15) is 8.75 Å². The minimum absolute atomic E-state index is 0.545. The molecule has 0 atom stereocenters. The molecular weight excluding hydrogens is 232 g/mol. The number of hydrogen-bond donors (Lipinski definition) is 0. The van der Waals surface area contributed by atoms with Crippen molar-refractivity contribution in [3.8, 4) is 0 Å². The third-order valence-corrected chi connectivity index (χ3v) is 3.80. The van der Waals surface area contributed by atoms with E-state index in [1.807, 2.05) is 0 Å². The van der Waals surface area contributed by atoms with E-state index in [1.54, 1.807) is 0 Å². The molecule has 1 aliphatic heterocycles. The molecule has 0 amide bonds. The fourth-order valence-corrected chi connectivity index (χ4v) is 2.73. The summed E-state index contributed by atoms with van der Waals surface area (Å²) in [5.41, 5.74) is 0. The van der Waals surface area contributed by atoms with Gasteiger partial charge in [0.1, 0.15) is 0 Å². The van der Waals surface area contributed by atoms with E-state index in [0.29, 0.717) is 11.2 Å². The van der Waals surface area contributed by atoms with Crippen molar-refractivity contribution in [2.45, 2.75) is 18.9 Å². The third kappa shape index (κ3) is 2.41. The molecule has 1 fully saturated rings. The van der Waals surface area contributed by atoms with Crippen LogP contribution in [0.4, 0.5) is 5.82 Å². The largest absolute Gasteiger partial charge is 0.353 e. The first-order valence-corrected chi connectivity index (χ1v) is 6.18. The summed E-state index contributed by atoms with van der Waals surface area (Å²) in [6.45, 7) is 2.04. The number of anilines is 1. The van der Waals surface area contributed by atoms with Crippen molar-refractivity contribution in [1.29, 1.82) is 0 Å². The summed E-state index contributed by atoms with van der Waals surface area (Å²) in [4.78, 5) is 4.52. The third-order valence-electron chi connectivity index (χ3n) is 2.93. The second-order valence-corrected chi connectivity index (χ2v) is 4.95. The fourth-order valence-electron chi connectivity index (χ4n) is 1.96. The van der Waals surface area contributed by atoms with Crippen molar-refractivity contribution in [2.24, 2.45) is 0 Å². The standard InChI is InChI=1S/C9H15ClN4S/c1-13(2)7-3-5-14(6-4-7)9-8(10)11-15-12-9/h7H,3-6H2,1-2H3. The SMILES string of the molecule is CN(C)C1CCN(c2nsnc2Cl)CC1. The van der Waals surface area contributed by atoms with E-state index in [-0.39, 0.29) is 0 Å². The molecule has 15 heavy (non-hydrogen) atoms. The molecule has 0 N–H and O–H groups in total. The van der Waals surface area contributed by atoms with Crippen LogP contribution in [0.15, 0.2) is 0 Å². The maximum atomic E-state index is 5.96. The van der Waals surface area contributed by atoms with Gasteiger partial charge in [-0.1, -0.05) is 11.6 Å². The average Bonchev–Trinajstić information content (AvgIpc) is 2.65. The topological polar surface area (TPSA) is 32.3 Å². The Morgan fingerprint density at radius 2 is 2.00 bits per heavy atom. The van der Waals surface area contributed by atoms with Crippen molar-refractivity contribution in [3.63, 3.8) is 0 Å². The Morgan fingerprint density at radius 3 is 2.47 bits per heavy atom. The lowest BCUT2D eigenvalue weighted by Gasteiger charge is -2.35. The van der Waals surface area contributed by atoms with Crippen molar-refractivity contribution in [1.82, 2.24) is 13.6 Å². The van der Waals surface area contributed by atoms with Gasteiger partial charge in [-0.05, 0) is 26.9 Å². The van der Waals surface area contributed by atoms with E-state index in [9.17, 15) is 0 Å². The molecule has 2 rings (SSSR count). The monoisotopic (exact) mass is 246 g/mol. The zero-order valence-corrected chi connectivity index (χ0v) is 10.6. The Hall–Kier alpha value is -0.390. The number of nitrogens with zero attached hydrogens (tertiary/aromatic N) is 4. The molecule has 0 aromatic carbocycles. The molecule has 1 aliphatic rings. The highest BCUT2D eigenvalue weighted by atomic mass is 35.5. The Morgan fingerprint density at radius 1 is 1.33 bits per heavy atom. The van der Waals surface area contributed by atoms with Gasteiger partial charge >= 0.3 is 0 Å². The molecule has 1 aromatic rings. The van der Waals surface area contributed by atoms with Crippen LogP contribution in [-0.4, -0.2) is 46.9 Å². The molecule has 2 heterocycles. The minimum Gasteiger partial charge on any atom is -0.353 e. The lowest BCUT2D eigenvalue weighted by molar-refractivity contribution is 0.249. The Balaban J connectivity index is 1.97. The van der Waals surface area contributed by atoms with Crippen LogP contribution in [0.5, 0.6) is 0 Å². The number of hydrogen-bond acceptors (Lipinski definition) is 5. The number of aromatic nitrogens is 2. The lowest BCUT2D eigenvalue weighted by atomic mass is 10.0. The van der Waals surface area contributed by atoms with E-state index in [2.05, 4.69) is 32.6 Å². The number of rotatable bonds is 2. The van der Waals surface area contributed by atoms with Crippen LogP contribution in [0.25, 0.3) is 0 Å². The number of piperidine rings is 1. The van der Waals surface area contributed by atoms with Gasteiger partial charge in [0.15, 0.2) is 11.0 Å². The molecule has 0 bridgehead atoms. The highest BCUT2D eigenvalue weighted by Gasteiger charge is 2.23. The van der Waals surface area contributed by atoms with Crippen molar-refractivity contribution < 1.29 is 0 Å². The molecule has 0 radical (unpaired) electrons. The van der Waals surface area contributed by atoms with Gasteiger partial charge in [-0.3, -0.25) is 0 Å². The molecule has 84 valence electrons. The van der Waals surface area contributed by atoms with Crippen LogP contribution >= 0.6 is 23.3 Å². The van der Waals surface area contributed by atoms with Gasteiger partial charge in [-0.25, -0.2) is 0 Å². The maximum Gasteiger partial charge on any atom is 0.187 e. The Bertz CT molecular complexity index is 320. The van der Waals surface area contributed by atoms with E-state index < -0.39 is 0 Å². The van der Waals surface area contributed by atoms with E-state index in [0.717, 1.165) is 18.9 Å². The van der Waals surface area contributed by atoms with Crippen LogP contribution in [0.1, 0.15) is 12.8 Å². The smallest absolute Gasteiger partial charge is 0.187 e. The molecule has 6 heteroatoms. The summed E-state index contributed by atoms with van der Waals surface area (Å²) in [6.07, 6.45) is 2.34. The second kappa shape index (κ2) is 4.63. The number of halogens is 1. The average molecular weight is 247 g/mol. The predicted octanol–water partition coefficient (Wildman–Crippen LogP) is 1.72. The molecule has 0 spiro atoms. The Labute approximate surface area is 99.2 Å². The highest BCUT2D eigenvalue weighted by molar-refractivity contribution is 6.99. The van der Waals surface area contributed by atoms with Gasteiger partial charge in [-0.15, -0.1) is 0 Å². The van der Waals surface area contributed by atoms with Crippen LogP contribution in [0.3, 0.4) is 0 Å². The molecule has 0 saturated carbocycles. The minimum atomic E-state index is 0.545. The molecule has 0 unspecified atom stereocenters. The molecule has 4 nitrogen and oxygen atoms in total. The molecule has 1 aromatic heterocycles. The first-order chi connectivity index (χ1) is 7.18. The van der Waals surface area contributed by atoms with Gasteiger partial charge < -0.3 is 9.80 Å². The summed E-state index contributed by atoms with van der Waals surface area (Å²) in [5.74, 6) is 0.860. The second-order valence-electron chi connectivity index (χ2n) is 4.06. The summed E-state index contributed by atoms with van der Waals surface area (Å²) < 4.78 is 8.21. The first kappa shape index (κ1) is 11.1. The van der Waals surface area contributed by atoms with Gasteiger partial charge in [0.25, 0.3) is 0 Å². The van der Waals surface area contributed by atoms with Gasteiger partial charge in [0.2, 0.25) is 0 Å². The van der Waals surface area contributed by atoms with Crippen LogP contribution in [0, 0.1) is 0 Å². The maximum absolute atomic E-state index is 5.96. The summed E-state index contributed by atoms with van der Waals surface area (Å²) >= 11 is 7.14. The van der Waals surface area contributed by atoms with E-state index in [1.165, 1.54) is 24.6 Å². The zero-order valence-electron chi connectivity index (χ0n) is 8.98. The van der Waals surface area contributed by atoms with E-state index >= 15 is 0 Å².